The fraction of sp³-hybridized carbons (Fsp3) is 0.429. The van der Waals surface area contributed by atoms with Gasteiger partial charge in [0, 0.05) is 6.92 Å². The molecule has 6 heteroatoms. The van der Waals surface area contributed by atoms with E-state index in [4.69, 9.17) is 14.2 Å². The second-order valence-corrected chi connectivity index (χ2v) is 4.65. The van der Waals surface area contributed by atoms with Crippen molar-refractivity contribution in [2.24, 2.45) is 0 Å². The molecule has 1 aromatic rings. The standard InChI is InChI=1S/C14H15FO5/c1-10(16)20-12-7-14(15,8-18-12)9-19-13(17)11-5-3-2-4-6-11/h2-6,12H,7-9H2,1H3/t12?,14-/m0/s1. The van der Waals surface area contributed by atoms with Crippen LogP contribution in [0.25, 0.3) is 0 Å². The van der Waals surface area contributed by atoms with E-state index in [9.17, 15) is 14.0 Å². The molecule has 0 aromatic heterocycles. The number of hydrogen-bond donors (Lipinski definition) is 0. The number of rotatable bonds is 4. The van der Waals surface area contributed by atoms with Gasteiger partial charge in [-0.3, -0.25) is 4.79 Å². The molecule has 108 valence electrons. The first-order valence-corrected chi connectivity index (χ1v) is 6.18. The lowest BCUT2D eigenvalue weighted by molar-refractivity contribution is -0.166. The average molecular weight is 282 g/mol. The highest BCUT2D eigenvalue weighted by Gasteiger charge is 2.43. The minimum atomic E-state index is -1.83. The van der Waals surface area contributed by atoms with Crippen LogP contribution < -0.4 is 0 Å². The summed E-state index contributed by atoms with van der Waals surface area (Å²) in [6.45, 7) is 0.516. The highest BCUT2D eigenvalue weighted by Crippen LogP contribution is 2.29. The van der Waals surface area contributed by atoms with Crippen molar-refractivity contribution in [3.63, 3.8) is 0 Å². The maximum atomic E-state index is 14.3. The Hall–Kier alpha value is -1.95. The van der Waals surface area contributed by atoms with Crippen molar-refractivity contribution in [3.05, 3.63) is 35.9 Å². The van der Waals surface area contributed by atoms with Crippen LogP contribution in [0.2, 0.25) is 0 Å². The van der Waals surface area contributed by atoms with E-state index in [0.717, 1.165) is 0 Å². The molecule has 1 unspecified atom stereocenters. The number of esters is 2. The van der Waals surface area contributed by atoms with Crippen LogP contribution in [0.5, 0.6) is 0 Å². The highest BCUT2D eigenvalue weighted by molar-refractivity contribution is 5.89. The number of carbonyl (C=O) groups excluding carboxylic acids is 2. The van der Waals surface area contributed by atoms with Gasteiger partial charge in [0.25, 0.3) is 0 Å². The molecule has 0 spiro atoms. The molecule has 2 rings (SSSR count). The second kappa shape index (κ2) is 6.00. The predicted octanol–water partition coefficient (Wildman–Crippen LogP) is 1.86. The lowest BCUT2D eigenvalue weighted by Crippen LogP contribution is -2.31. The summed E-state index contributed by atoms with van der Waals surface area (Å²) >= 11 is 0. The molecule has 0 N–H and O–H groups in total. The summed E-state index contributed by atoms with van der Waals surface area (Å²) in [5.41, 5.74) is -1.48. The van der Waals surface area contributed by atoms with E-state index in [1.165, 1.54) is 6.92 Å². The normalized spacial score (nSPS) is 25.2. The smallest absolute Gasteiger partial charge is 0.338 e. The molecule has 1 heterocycles. The summed E-state index contributed by atoms with van der Waals surface area (Å²) in [4.78, 5) is 22.4. The van der Waals surface area contributed by atoms with Crippen molar-refractivity contribution in [2.45, 2.75) is 25.3 Å². The molecule has 1 saturated heterocycles. The van der Waals surface area contributed by atoms with E-state index in [1.54, 1.807) is 30.3 Å². The van der Waals surface area contributed by atoms with Gasteiger partial charge in [-0.05, 0) is 12.1 Å². The van der Waals surface area contributed by atoms with E-state index in [2.05, 4.69) is 0 Å². The molecule has 1 aliphatic heterocycles. The molecule has 0 amide bonds. The zero-order valence-electron chi connectivity index (χ0n) is 11.0. The Morgan fingerprint density at radius 2 is 2.10 bits per heavy atom. The lowest BCUT2D eigenvalue weighted by Gasteiger charge is -2.17. The maximum absolute atomic E-state index is 14.3. The molecule has 20 heavy (non-hydrogen) atoms. The number of benzene rings is 1. The molecule has 0 bridgehead atoms. The van der Waals surface area contributed by atoms with E-state index < -0.39 is 30.5 Å². The summed E-state index contributed by atoms with van der Waals surface area (Å²) in [6, 6.07) is 8.32. The molecule has 5 nitrogen and oxygen atoms in total. The largest absolute Gasteiger partial charge is 0.459 e. The third kappa shape index (κ3) is 3.77. The first-order valence-electron chi connectivity index (χ1n) is 6.18. The summed E-state index contributed by atoms with van der Waals surface area (Å²) in [6.07, 6.45) is -1.07. The molecular formula is C14H15FO5. The Bertz CT molecular complexity index is 490. The third-order valence-electron chi connectivity index (χ3n) is 2.83. The Labute approximate surface area is 115 Å². The van der Waals surface area contributed by atoms with E-state index in [-0.39, 0.29) is 13.0 Å². The molecule has 1 aromatic carbocycles. The Balaban J connectivity index is 1.85. The van der Waals surface area contributed by atoms with Gasteiger partial charge in [0.05, 0.1) is 18.6 Å². The van der Waals surface area contributed by atoms with E-state index in [0.29, 0.717) is 5.56 Å². The van der Waals surface area contributed by atoms with E-state index in [1.807, 2.05) is 0 Å². The number of hydrogen-bond acceptors (Lipinski definition) is 5. The van der Waals surface area contributed by atoms with Gasteiger partial charge in [0.1, 0.15) is 6.61 Å². The van der Waals surface area contributed by atoms with Crippen molar-refractivity contribution in [3.8, 4) is 0 Å². The Morgan fingerprint density at radius 1 is 1.40 bits per heavy atom. The van der Waals surface area contributed by atoms with Crippen LogP contribution in [-0.2, 0) is 19.0 Å². The molecule has 1 fully saturated rings. The zero-order valence-corrected chi connectivity index (χ0v) is 11.0. The minimum absolute atomic E-state index is 0.144. The van der Waals surface area contributed by atoms with Gasteiger partial charge in [-0.1, -0.05) is 18.2 Å². The first kappa shape index (κ1) is 14.5. The molecule has 0 aliphatic carbocycles. The van der Waals surface area contributed by atoms with Crippen LogP contribution in [0.4, 0.5) is 4.39 Å². The minimum Gasteiger partial charge on any atom is -0.459 e. The summed E-state index contributed by atoms with van der Waals surface area (Å²) < 4.78 is 29.0. The number of alkyl halides is 1. The van der Waals surface area contributed by atoms with E-state index >= 15 is 0 Å². The predicted molar refractivity (Wildman–Crippen MR) is 66.7 cm³/mol. The van der Waals surface area contributed by atoms with Gasteiger partial charge >= 0.3 is 11.9 Å². The van der Waals surface area contributed by atoms with Gasteiger partial charge in [0.2, 0.25) is 6.29 Å². The Kier molecular flexibility index (Phi) is 4.34. The lowest BCUT2D eigenvalue weighted by atomic mass is 10.1. The van der Waals surface area contributed by atoms with Crippen LogP contribution in [0.1, 0.15) is 23.7 Å². The topological polar surface area (TPSA) is 61.8 Å². The summed E-state index contributed by atoms with van der Waals surface area (Å²) in [5, 5.41) is 0. The summed E-state index contributed by atoms with van der Waals surface area (Å²) in [7, 11) is 0. The highest BCUT2D eigenvalue weighted by atomic mass is 19.1. The Morgan fingerprint density at radius 3 is 2.75 bits per heavy atom. The van der Waals surface area contributed by atoms with Crippen molar-refractivity contribution in [2.75, 3.05) is 13.2 Å². The quantitative estimate of drug-likeness (QED) is 0.789. The number of carbonyl (C=O) groups is 2. The molecule has 0 radical (unpaired) electrons. The van der Waals surface area contributed by atoms with Crippen LogP contribution >= 0.6 is 0 Å². The number of ether oxygens (including phenoxy) is 3. The maximum Gasteiger partial charge on any atom is 0.338 e. The average Bonchev–Trinajstić information content (AvgIpc) is 2.78. The monoisotopic (exact) mass is 282 g/mol. The van der Waals surface area contributed by atoms with Crippen LogP contribution in [-0.4, -0.2) is 37.1 Å². The zero-order chi connectivity index (χ0) is 14.6. The van der Waals surface area contributed by atoms with Crippen LogP contribution in [0.15, 0.2) is 30.3 Å². The SMILES string of the molecule is CC(=O)OC1C[C@@](F)(COC(=O)c2ccccc2)CO1. The van der Waals surface area contributed by atoms with Gasteiger partial charge in [-0.25, -0.2) is 9.18 Å². The van der Waals surface area contributed by atoms with Gasteiger partial charge in [0.15, 0.2) is 5.67 Å². The van der Waals surface area contributed by atoms with Crippen molar-refractivity contribution < 1.29 is 28.2 Å². The molecule has 0 saturated carbocycles. The van der Waals surface area contributed by atoms with Gasteiger partial charge in [-0.15, -0.1) is 0 Å². The van der Waals surface area contributed by atoms with Gasteiger partial charge < -0.3 is 14.2 Å². The second-order valence-electron chi connectivity index (χ2n) is 4.65. The van der Waals surface area contributed by atoms with Gasteiger partial charge in [-0.2, -0.15) is 0 Å². The van der Waals surface area contributed by atoms with Crippen molar-refractivity contribution in [1.82, 2.24) is 0 Å². The molecule has 1 aliphatic rings. The van der Waals surface area contributed by atoms with Crippen molar-refractivity contribution in [1.29, 1.82) is 0 Å². The molecule has 2 atom stereocenters. The fourth-order valence-electron chi connectivity index (χ4n) is 1.87. The van der Waals surface area contributed by atoms with Crippen LogP contribution in [0.3, 0.4) is 0 Å². The fourth-order valence-corrected chi connectivity index (χ4v) is 1.87. The molecular weight excluding hydrogens is 267 g/mol. The summed E-state index contributed by atoms with van der Waals surface area (Å²) in [5.74, 6) is -1.14. The van der Waals surface area contributed by atoms with Crippen LogP contribution in [0, 0.1) is 0 Å². The van der Waals surface area contributed by atoms with Crippen molar-refractivity contribution >= 4 is 11.9 Å². The number of halogens is 1. The first-order chi connectivity index (χ1) is 9.48. The third-order valence-corrected chi connectivity index (χ3v) is 2.83.